The number of halogens is 1. The highest BCUT2D eigenvalue weighted by Gasteiger charge is 2.31. The minimum atomic E-state index is -0.304. The lowest BCUT2D eigenvalue weighted by atomic mass is 10.0. The van der Waals surface area contributed by atoms with Crippen LogP contribution >= 0.6 is 11.6 Å². The van der Waals surface area contributed by atoms with Gasteiger partial charge in [0.2, 0.25) is 0 Å². The number of anilines is 2. The molecule has 10 heteroatoms. The number of fused-ring (bicyclic) bond motifs is 1. The van der Waals surface area contributed by atoms with Crippen molar-refractivity contribution in [2.24, 2.45) is 0 Å². The lowest BCUT2D eigenvalue weighted by Crippen LogP contribution is -2.44. The van der Waals surface area contributed by atoms with E-state index < -0.39 is 0 Å². The molecule has 0 radical (unpaired) electrons. The van der Waals surface area contributed by atoms with Crippen molar-refractivity contribution in [3.8, 4) is 22.8 Å². The first kappa shape index (κ1) is 24.4. The van der Waals surface area contributed by atoms with Gasteiger partial charge in [0.15, 0.2) is 5.75 Å². The van der Waals surface area contributed by atoms with Crippen molar-refractivity contribution >= 4 is 28.9 Å². The van der Waals surface area contributed by atoms with Gasteiger partial charge in [-0.1, -0.05) is 17.7 Å². The number of benzene rings is 1. The third-order valence-corrected chi connectivity index (χ3v) is 6.50. The van der Waals surface area contributed by atoms with Gasteiger partial charge in [-0.2, -0.15) is 0 Å². The molecule has 1 amide bonds. The van der Waals surface area contributed by atoms with Crippen LogP contribution in [0.15, 0.2) is 36.7 Å². The van der Waals surface area contributed by atoms with Crippen molar-refractivity contribution in [3.05, 3.63) is 52.9 Å². The number of aromatic nitrogens is 2. The summed E-state index contributed by atoms with van der Waals surface area (Å²) in [7, 11) is 1.56. The Morgan fingerprint density at radius 2 is 2.17 bits per heavy atom. The number of rotatable bonds is 7. The SMILES string of the molecule is COc1c(Cl)cccc1Nc1c(-c2ccncc2OC[C@@H]2COC(C)(C)CO2)[nH]c2c1C(=O)NCC2. The standard InChI is InChI=1S/C26H29ClN4O5/c1-26(2)14-35-15(13-36-26)12-34-20-11-28-9-7-16(20)22-23(21-18(30-22)8-10-29-25(21)32)31-19-6-4-5-17(27)24(19)33-3/h4-7,9,11,15,30-31H,8,10,12-14H2,1-3H3,(H,29,32)/t15-/m1/s1. The van der Waals surface area contributed by atoms with Crippen molar-refractivity contribution < 1.29 is 23.7 Å². The Balaban J connectivity index is 1.50. The molecule has 5 rings (SSSR count). The first-order valence-electron chi connectivity index (χ1n) is 11.8. The number of nitrogens with zero attached hydrogens (tertiary/aromatic N) is 1. The number of para-hydroxylation sites is 1. The first-order chi connectivity index (χ1) is 17.4. The van der Waals surface area contributed by atoms with Crippen LogP contribution in [-0.2, 0) is 15.9 Å². The van der Waals surface area contributed by atoms with Crippen LogP contribution in [0.4, 0.5) is 11.4 Å². The van der Waals surface area contributed by atoms with Gasteiger partial charge >= 0.3 is 0 Å². The minimum Gasteiger partial charge on any atom is -0.493 e. The average molecular weight is 513 g/mol. The zero-order chi connectivity index (χ0) is 25.3. The van der Waals surface area contributed by atoms with Gasteiger partial charge in [-0.05, 0) is 32.0 Å². The summed E-state index contributed by atoms with van der Waals surface area (Å²) >= 11 is 6.35. The van der Waals surface area contributed by atoms with Gasteiger partial charge in [-0.25, -0.2) is 0 Å². The number of hydrogen-bond acceptors (Lipinski definition) is 7. The Morgan fingerprint density at radius 3 is 2.94 bits per heavy atom. The molecule has 2 aromatic heterocycles. The second-order valence-corrected chi connectivity index (χ2v) is 9.77. The molecule has 2 aliphatic rings. The molecule has 1 saturated heterocycles. The fraction of sp³-hybridized carbons (Fsp3) is 0.385. The molecule has 0 bridgehead atoms. The third kappa shape index (κ3) is 4.86. The van der Waals surface area contributed by atoms with E-state index in [-0.39, 0.29) is 17.6 Å². The summed E-state index contributed by atoms with van der Waals surface area (Å²) < 4.78 is 23.5. The third-order valence-electron chi connectivity index (χ3n) is 6.20. The fourth-order valence-electron chi connectivity index (χ4n) is 4.36. The molecule has 36 heavy (non-hydrogen) atoms. The predicted molar refractivity (Wildman–Crippen MR) is 137 cm³/mol. The van der Waals surface area contributed by atoms with Gasteiger partial charge in [0.05, 0.1) is 59.8 Å². The number of nitrogens with one attached hydrogen (secondary N) is 3. The number of aromatic amines is 1. The smallest absolute Gasteiger partial charge is 0.255 e. The first-order valence-corrected chi connectivity index (χ1v) is 12.2. The van der Waals surface area contributed by atoms with Crippen LogP contribution in [0.25, 0.3) is 11.3 Å². The van der Waals surface area contributed by atoms with E-state index in [2.05, 4.69) is 20.6 Å². The molecule has 0 saturated carbocycles. The van der Waals surface area contributed by atoms with Crippen LogP contribution in [0.5, 0.6) is 11.5 Å². The summed E-state index contributed by atoms with van der Waals surface area (Å²) in [5, 5.41) is 6.78. The lowest BCUT2D eigenvalue weighted by molar-refractivity contribution is -0.181. The summed E-state index contributed by atoms with van der Waals surface area (Å²) in [4.78, 5) is 20.6. The minimum absolute atomic E-state index is 0.158. The number of carbonyl (C=O) groups excluding carboxylic acids is 1. The molecular formula is C26H29ClN4O5. The molecule has 190 valence electrons. The van der Waals surface area contributed by atoms with Gasteiger partial charge in [0.25, 0.3) is 5.91 Å². The summed E-state index contributed by atoms with van der Waals surface area (Å²) in [5.74, 6) is 0.889. The molecular weight excluding hydrogens is 484 g/mol. The van der Waals surface area contributed by atoms with Crippen LogP contribution in [0, 0.1) is 0 Å². The van der Waals surface area contributed by atoms with E-state index in [4.69, 9.17) is 30.5 Å². The second kappa shape index (κ2) is 10.0. The van der Waals surface area contributed by atoms with Crippen LogP contribution in [0.3, 0.4) is 0 Å². The molecule has 1 fully saturated rings. The number of hydrogen-bond donors (Lipinski definition) is 3. The molecule has 3 N–H and O–H groups in total. The topological polar surface area (TPSA) is 107 Å². The van der Waals surface area contributed by atoms with E-state index in [1.165, 1.54) is 0 Å². The largest absolute Gasteiger partial charge is 0.493 e. The maximum absolute atomic E-state index is 12.9. The zero-order valence-corrected chi connectivity index (χ0v) is 21.2. The number of amides is 1. The summed E-state index contributed by atoms with van der Waals surface area (Å²) in [5.41, 5.74) is 3.79. The molecule has 4 heterocycles. The molecule has 1 aromatic carbocycles. The molecule has 1 atom stereocenters. The van der Waals surface area contributed by atoms with Gasteiger partial charge < -0.3 is 34.6 Å². The summed E-state index contributed by atoms with van der Waals surface area (Å²) in [6.07, 6.45) is 3.83. The van der Waals surface area contributed by atoms with E-state index >= 15 is 0 Å². The van der Waals surface area contributed by atoms with E-state index in [1.807, 2.05) is 32.0 Å². The molecule has 3 aromatic rings. The zero-order valence-electron chi connectivity index (χ0n) is 20.4. The highest BCUT2D eigenvalue weighted by Crippen LogP contribution is 2.42. The number of H-pyrrole nitrogens is 1. The van der Waals surface area contributed by atoms with Gasteiger partial charge in [-0.3, -0.25) is 9.78 Å². The van der Waals surface area contributed by atoms with Crippen molar-refractivity contribution in [3.63, 3.8) is 0 Å². The number of ether oxygens (including phenoxy) is 4. The van der Waals surface area contributed by atoms with Crippen molar-refractivity contribution in [2.45, 2.75) is 32.0 Å². The Bertz CT molecular complexity index is 1270. The van der Waals surface area contributed by atoms with Gasteiger partial charge in [0.1, 0.15) is 18.5 Å². The van der Waals surface area contributed by atoms with Gasteiger partial charge in [0, 0.05) is 30.4 Å². The van der Waals surface area contributed by atoms with Crippen LogP contribution < -0.4 is 20.1 Å². The molecule has 2 aliphatic heterocycles. The number of carbonyl (C=O) groups is 1. The van der Waals surface area contributed by atoms with Crippen molar-refractivity contribution in [1.29, 1.82) is 0 Å². The predicted octanol–water partition coefficient (Wildman–Crippen LogP) is 4.34. The quantitative estimate of drug-likeness (QED) is 0.432. The number of pyridine rings is 1. The summed E-state index contributed by atoms with van der Waals surface area (Å²) in [6, 6.07) is 7.27. The Hall–Kier alpha value is -3.27. The second-order valence-electron chi connectivity index (χ2n) is 9.37. The van der Waals surface area contributed by atoms with Crippen LogP contribution in [-0.4, -0.2) is 61.1 Å². The Kier molecular flexibility index (Phi) is 6.79. The highest BCUT2D eigenvalue weighted by molar-refractivity contribution is 6.32. The van der Waals surface area contributed by atoms with Crippen LogP contribution in [0.1, 0.15) is 29.9 Å². The Labute approximate surface area is 214 Å². The van der Waals surface area contributed by atoms with Crippen molar-refractivity contribution in [1.82, 2.24) is 15.3 Å². The van der Waals surface area contributed by atoms with E-state index in [0.29, 0.717) is 71.9 Å². The van der Waals surface area contributed by atoms with Crippen LogP contribution in [0.2, 0.25) is 5.02 Å². The fourth-order valence-corrected chi connectivity index (χ4v) is 4.61. The molecule has 0 spiro atoms. The molecule has 9 nitrogen and oxygen atoms in total. The summed E-state index contributed by atoms with van der Waals surface area (Å²) in [6.45, 7) is 5.79. The molecule has 0 unspecified atom stereocenters. The molecule has 0 aliphatic carbocycles. The van der Waals surface area contributed by atoms with E-state index in [0.717, 1.165) is 11.3 Å². The average Bonchev–Trinajstić information content (AvgIpc) is 3.23. The maximum atomic E-state index is 12.9. The van der Waals surface area contributed by atoms with E-state index in [9.17, 15) is 4.79 Å². The Morgan fingerprint density at radius 1 is 1.31 bits per heavy atom. The van der Waals surface area contributed by atoms with Gasteiger partial charge in [-0.15, -0.1) is 0 Å². The lowest BCUT2D eigenvalue weighted by Gasteiger charge is -2.34. The van der Waals surface area contributed by atoms with E-state index in [1.54, 1.807) is 25.6 Å². The monoisotopic (exact) mass is 512 g/mol. The van der Waals surface area contributed by atoms with Crippen molar-refractivity contribution in [2.75, 3.05) is 38.8 Å². The normalized spacial score (nSPS) is 18.8. The maximum Gasteiger partial charge on any atom is 0.255 e. The highest BCUT2D eigenvalue weighted by atomic mass is 35.5. The number of methoxy groups -OCH3 is 1.